The molecule has 0 unspecified atom stereocenters. The Morgan fingerprint density at radius 2 is 2.14 bits per heavy atom. The topological polar surface area (TPSA) is 62.2 Å². The molecule has 0 saturated heterocycles. The first-order chi connectivity index (χ1) is 10.1. The number of rotatable bonds is 3. The summed E-state index contributed by atoms with van der Waals surface area (Å²) in [5, 5.41) is 10.6. The number of benzene rings is 1. The number of aryl methyl sites for hydroxylation is 2. The maximum absolute atomic E-state index is 12.0. The Morgan fingerprint density at radius 3 is 2.90 bits per heavy atom. The molecule has 3 rings (SSSR count). The van der Waals surface area contributed by atoms with Gasteiger partial charge in [0.15, 0.2) is 0 Å². The first-order valence-corrected chi connectivity index (χ1v) is 6.95. The van der Waals surface area contributed by atoms with Crippen molar-refractivity contribution in [3.05, 3.63) is 35.5 Å². The number of amides is 1. The molecule has 0 atom stereocenters. The lowest BCUT2D eigenvalue weighted by Gasteiger charge is -2.31. The summed E-state index contributed by atoms with van der Waals surface area (Å²) in [7, 11) is 3.82. The monoisotopic (exact) mass is 285 g/mol. The Balaban J connectivity index is 2.15. The van der Waals surface area contributed by atoms with Gasteiger partial charge in [-0.1, -0.05) is 12.1 Å². The number of aromatic nitrogens is 2. The Labute approximate surface area is 123 Å². The summed E-state index contributed by atoms with van der Waals surface area (Å²) in [4.78, 5) is 14.0. The van der Waals surface area contributed by atoms with Gasteiger partial charge in [0.1, 0.15) is 12.4 Å². The van der Waals surface area contributed by atoms with Crippen molar-refractivity contribution >= 4 is 23.1 Å². The van der Waals surface area contributed by atoms with E-state index in [2.05, 4.69) is 15.7 Å². The third kappa shape index (κ3) is 2.27. The number of anilines is 3. The molecule has 6 nitrogen and oxygen atoms in total. The predicted molar refractivity (Wildman–Crippen MR) is 82.8 cm³/mol. The molecule has 6 heteroatoms. The highest BCUT2D eigenvalue weighted by molar-refractivity contribution is 6.03. The highest BCUT2D eigenvalue weighted by Crippen LogP contribution is 2.36. The number of para-hydroxylation sites is 2. The Bertz CT molecular complexity index is 691. The van der Waals surface area contributed by atoms with Crippen LogP contribution in [-0.4, -0.2) is 29.3 Å². The first-order valence-electron chi connectivity index (χ1n) is 6.95. The summed E-state index contributed by atoms with van der Waals surface area (Å²) in [6.45, 7) is 3.01. The average molecular weight is 285 g/mol. The van der Waals surface area contributed by atoms with Gasteiger partial charge in [0, 0.05) is 19.2 Å². The molecule has 0 bridgehead atoms. The van der Waals surface area contributed by atoms with Crippen molar-refractivity contribution in [2.24, 2.45) is 7.05 Å². The molecular formula is C15H19N5O. The van der Waals surface area contributed by atoms with Gasteiger partial charge in [0.25, 0.3) is 0 Å². The van der Waals surface area contributed by atoms with E-state index in [-0.39, 0.29) is 5.91 Å². The van der Waals surface area contributed by atoms with Crippen molar-refractivity contribution in [1.29, 1.82) is 0 Å². The van der Waals surface area contributed by atoms with Crippen LogP contribution in [0.3, 0.4) is 0 Å². The van der Waals surface area contributed by atoms with E-state index >= 15 is 0 Å². The highest BCUT2D eigenvalue weighted by atomic mass is 16.2. The van der Waals surface area contributed by atoms with E-state index in [1.54, 1.807) is 0 Å². The second-order valence-electron chi connectivity index (χ2n) is 5.19. The molecule has 110 valence electrons. The van der Waals surface area contributed by atoms with Crippen molar-refractivity contribution in [2.45, 2.75) is 13.5 Å². The second-order valence-corrected chi connectivity index (χ2v) is 5.19. The average Bonchev–Trinajstić information content (AvgIpc) is 2.73. The van der Waals surface area contributed by atoms with Crippen LogP contribution >= 0.6 is 0 Å². The van der Waals surface area contributed by atoms with Crippen LogP contribution in [0.15, 0.2) is 24.3 Å². The molecular weight excluding hydrogens is 266 g/mol. The van der Waals surface area contributed by atoms with Gasteiger partial charge in [0.2, 0.25) is 5.91 Å². The van der Waals surface area contributed by atoms with E-state index in [0.29, 0.717) is 6.54 Å². The third-order valence-corrected chi connectivity index (χ3v) is 3.69. The largest absolute Gasteiger partial charge is 0.323 e. The summed E-state index contributed by atoms with van der Waals surface area (Å²) in [6, 6.07) is 7.83. The number of carbonyl (C=O) groups is 1. The zero-order chi connectivity index (χ0) is 15.0. The van der Waals surface area contributed by atoms with Crippen LogP contribution in [0.4, 0.5) is 17.2 Å². The van der Waals surface area contributed by atoms with Gasteiger partial charge in [-0.25, -0.2) is 0 Å². The molecule has 1 amide bonds. The van der Waals surface area contributed by atoms with Crippen LogP contribution in [0, 0.1) is 6.92 Å². The van der Waals surface area contributed by atoms with E-state index < -0.39 is 0 Å². The minimum atomic E-state index is -0.0111. The fraction of sp³-hybridized carbons (Fsp3) is 0.333. The number of hydrogen-bond donors (Lipinski definition) is 2. The summed E-state index contributed by atoms with van der Waals surface area (Å²) in [6.07, 6.45) is 0. The number of nitrogens with zero attached hydrogens (tertiary/aromatic N) is 3. The summed E-state index contributed by atoms with van der Waals surface area (Å²) < 4.78 is 1.84. The van der Waals surface area contributed by atoms with Crippen molar-refractivity contribution in [3.8, 4) is 0 Å². The van der Waals surface area contributed by atoms with Gasteiger partial charge < -0.3 is 15.5 Å². The lowest BCUT2D eigenvalue weighted by molar-refractivity contribution is -0.115. The maximum Gasteiger partial charge on any atom is 0.244 e. The van der Waals surface area contributed by atoms with Crippen LogP contribution in [0.1, 0.15) is 11.3 Å². The summed E-state index contributed by atoms with van der Waals surface area (Å²) >= 11 is 0. The molecule has 1 aliphatic heterocycles. The molecule has 2 heterocycles. The lowest BCUT2D eigenvalue weighted by atomic mass is 10.1. The molecule has 2 aromatic rings. The molecule has 1 aliphatic rings. The Kier molecular flexibility index (Phi) is 3.39. The van der Waals surface area contributed by atoms with E-state index in [1.807, 2.05) is 54.9 Å². The normalized spacial score (nSPS) is 14.0. The van der Waals surface area contributed by atoms with Gasteiger partial charge in [0.05, 0.1) is 17.1 Å². The quantitative estimate of drug-likeness (QED) is 0.898. The Hall–Kier alpha value is -2.34. The van der Waals surface area contributed by atoms with Crippen molar-refractivity contribution < 1.29 is 4.79 Å². The van der Waals surface area contributed by atoms with Crippen LogP contribution < -0.4 is 15.5 Å². The molecule has 0 spiro atoms. The minimum absolute atomic E-state index is 0.0111. The van der Waals surface area contributed by atoms with Gasteiger partial charge in [-0.15, -0.1) is 0 Å². The zero-order valence-electron chi connectivity index (χ0n) is 12.5. The molecule has 21 heavy (non-hydrogen) atoms. The molecule has 1 aromatic carbocycles. The van der Waals surface area contributed by atoms with E-state index in [4.69, 9.17) is 0 Å². The highest BCUT2D eigenvalue weighted by Gasteiger charge is 2.27. The van der Waals surface area contributed by atoms with E-state index in [1.165, 1.54) is 0 Å². The number of hydrogen-bond acceptors (Lipinski definition) is 4. The molecule has 2 N–H and O–H groups in total. The number of fused-ring (bicyclic) bond motifs is 1. The van der Waals surface area contributed by atoms with Crippen LogP contribution in [0.2, 0.25) is 0 Å². The maximum atomic E-state index is 12.0. The first kappa shape index (κ1) is 13.6. The summed E-state index contributed by atoms with van der Waals surface area (Å²) in [5.41, 5.74) is 3.93. The third-order valence-electron chi connectivity index (χ3n) is 3.69. The van der Waals surface area contributed by atoms with Gasteiger partial charge in [-0.3, -0.25) is 9.48 Å². The van der Waals surface area contributed by atoms with Crippen molar-refractivity contribution in [3.63, 3.8) is 0 Å². The standard InChI is InChI=1S/C15H19N5O/c1-10-11(8-16-2)15(19(3)18-10)20-9-14(21)17-12-6-4-5-7-13(12)20/h4-7,16H,8-9H2,1-3H3,(H,17,21). The smallest absolute Gasteiger partial charge is 0.244 e. The molecule has 0 fully saturated rings. The van der Waals surface area contributed by atoms with E-state index in [9.17, 15) is 4.79 Å². The van der Waals surface area contributed by atoms with Crippen LogP contribution in [0.25, 0.3) is 0 Å². The summed E-state index contributed by atoms with van der Waals surface area (Å²) in [5.74, 6) is 0.951. The van der Waals surface area contributed by atoms with Gasteiger partial charge in [-0.2, -0.15) is 5.10 Å². The lowest BCUT2D eigenvalue weighted by Crippen LogP contribution is -2.36. The Morgan fingerprint density at radius 1 is 1.38 bits per heavy atom. The van der Waals surface area contributed by atoms with Crippen molar-refractivity contribution in [1.82, 2.24) is 15.1 Å². The zero-order valence-corrected chi connectivity index (χ0v) is 12.5. The van der Waals surface area contributed by atoms with Gasteiger partial charge >= 0.3 is 0 Å². The SMILES string of the molecule is CNCc1c(C)nn(C)c1N1CC(=O)Nc2ccccc21. The molecule has 0 saturated carbocycles. The molecule has 0 aliphatic carbocycles. The van der Waals surface area contributed by atoms with E-state index in [0.717, 1.165) is 35.0 Å². The minimum Gasteiger partial charge on any atom is -0.323 e. The van der Waals surface area contributed by atoms with Gasteiger partial charge in [-0.05, 0) is 26.1 Å². The van der Waals surface area contributed by atoms with Crippen LogP contribution in [-0.2, 0) is 18.4 Å². The predicted octanol–water partition coefficient (Wildman–Crippen LogP) is 1.54. The fourth-order valence-corrected chi connectivity index (χ4v) is 2.83. The number of carbonyl (C=O) groups excluding carboxylic acids is 1. The molecule has 1 aromatic heterocycles. The second kappa shape index (κ2) is 5.21. The fourth-order valence-electron chi connectivity index (χ4n) is 2.83. The molecule has 0 radical (unpaired) electrons. The van der Waals surface area contributed by atoms with Crippen LogP contribution in [0.5, 0.6) is 0 Å². The number of nitrogens with one attached hydrogen (secondary N) is 2. The van der Waals surface area contributed by atoms with Crippen molar-refractivity contribution in [2.75, 3.05) is 23.8 Å².